The smallest absolute Gasteiger partial charge is 0.303 e. The summed E-state index contributed by atoms with van der Waals surface area (Å²) < 4.78 is 38.7. The average molecular weight is 601 g/mol. The van der Waals surface area contributed by atoms with Crippen molar-refractivity contribution in [3.05, 3.63) is 53.6 Å². The SMILES string of the molecule is COc1cc(-c2onc(COc3cccc([C@@H](CC(=O)O)C4CC4)c3)c2OC2CC(C)(C)CC(C)(C)C2)c(F)cn1.S. The Labute approximate surface area is 253 Å². The molecule has 1 N–H and O–H groups in total. The summed E-state index contributed by atoms with van der Waals surface area (Å²) in [6, 6.07) is 9.01. The molecule has 2 aromatic heterocycles. The van der Waals surface area contributed by atoms with Crippen LogP contribution in [-0.4, -0.2) is 34.4 Å². The fraction of sp³-hybridized carbons (Fsp3) is 0.531. The summed E-state index contributed by atoms with van der Waals surface area (Å²) in [7, 11) is 1.46. The number of pyridine rings is 1. The van der Waals surface area contributed by atoms with E-state index in [-0.39, 0.29) is 66.6 Å². The molecule has 1 aromatic carbocycles. The normalized spacial score (nSPS) is 18.5. The number of aromatic nitrogens is 2. The van der Waals surface area contributed by atoms with Crippen molar-refractivity contribution in [2.45, 2.75) is 84.8 Å². The Morgan fingerprint density at radius 3 is 2.52 bits per heavy atom. The number of rotatable bonds is 11. The zero-order chi connectivity index (χ0) is 29.4. The molecule has 2 aliphatic rings. The van der Waals surface area contributed by atoms with Crippen molar-refractivity contribution in [3.63, 3.8) is 0 Å². The van der Waals surface area contributed by atoms with Gasteiger partial charge in [-0.3, -0.25) is 4.79 Å². The number of carboxylic acid groups (broad SMARTS) is 1. The summed E-state index contributed by atoms with van der Waals surface area (Å²) in [5, 5.41) is 13.7. The van der Waals surface area contributed by atoms with Crippen LogP contribution in [0.4, 0.5) is 4.39 Å². The number of benzene rings is 1. The predicted octanol–water partition coefficient (Wildman–Crippen LogP) is 7.53. The van der Waals surface area contributed by atoms with E-state index in [1.807, 2.05) is 24.3 Å². The van der Waals surface area contributed by atoms with Gasteiger partial charge in [0, 0.05) is 6.07 Å². The van der Waals surface area contributed by atoms with E-state index in [2.05, 4.69) is 37.8 Å². The Bertz CT molecular complexity index is 1390. The molecule has 0 radical (unpaired) electrons. The quantitative estimate of drug-likeness (QED) is 0.241. The summed E-state index contributed by atoms with van der Waals surface area (Å²) in [5.74, 6) is 0.281. The van der Waals surface area contributed by atoms with Crippen LogP contribution >= 0.6 is 13.5 Å². The van der Waals surface area contributed by atoms with Gasteiger partial charge < -0.3 is 23.8 Å². The van der Waals surface area contributed by atoms with Gasteiger partial charge in [0.2, 0.25) is 11.6 Å². The van der Waals surface area contributed by atoms with E-state index >= 15 is 4.39 Å². The monoisotopic (exact) mass is 600 g/mol. The molecule has 10 heteroatoms. The lowest BCUT2D eigenvalue weighted by atomic mass is 9.64. The molecule has 228 valence electrons. The van der Waals surface area contributed by atoms with Gasteiger partial charge in [0.05, 0.1) is 25.3 Å². The molecule has 1 atom stereocenters. The fourth-order valence-corrected chi connectivity index (χ4v) is 6.63. The third-order valence-electron chi connectivity index (χ3n) is 8.05. The molecule has 2 heterocycles. The highest BCUT2D eigenvalue weighted by Gasteiger charge is 2.40. The molecule has 0 spiro atoms. The molecular weight excluding hydrogens is 559 g/mol. The van der Waals surface area contributed by atoms with Crippen LogP contribution in [0.2, 0.25) is 0 Å². The first-order chi connectivity index (χ1) is 19.4. The van der Waals surface area contributed by atoms with Crippen LogP contribution in [-0.2, 0) is 11.4 Å². The Kier molecular flexibility index (Phi) is 9.45. The van der Waals surface area contributed by atoms with Crippen molar-refractivity contribution in [2.75, 3.05) is 7.11 Å². The maximum Gasteiger partial charge on any atom is 0.303 e. The maximum absolute atomic E-state index is 15.0. The van der Waals surface area contributed by atoms with Crippen LogP contribution < -0.4 is 14.2 Å². The number of aliphatic carboxylic acids is 1. The second-order valence-electron chi connectivity index (χ2n) is 13.1. The third-order valence-corrected chi connectivity index (χ3v) is 8.05. The van der Waals surface area contributed by atoms with Crippen LogP contribution in [0.5, 0.6) is 17.4 Å². The van der Waals surface area contributed by atoms with Gasteiger partial charge in [-0.15, -0.1) is 0 Å². The highest BCUT2D eigenvalue weighted by Crippen LogP contribution is 2.48. The van der Waals surface area contributed by atoms with Crippen molar-refractivity contribution < 1.29 is 33.0 Å². The molecule has 2 aliphatic carbocycles. The Morgan fingerprint density at radius 2 is 1.88 bits per heavy atom. The summed E-state index contributed by atoms with van der Waals surface area (Å²) >= 11 is 0. The standard InChI is InChI=1S/C32H39FN2O6.H2S/c1-31(2)14-22(15-32(3,4)18-31)40-30-26(35-41-29(30)24-12-27(38-5)34-16-25(24)33)17-39-21-8-6-7-20(11-21)23(13-28(36)37)19-9-10-19;/h6-8,11-12,16,19,22-23H,9-10,13-15,17-18H2,1-5H3,(H,36,37);1H2/t23-;/m0./s1. The van der Waals surface area contributed by atoms with Crippen LogP contribution in [0.3, 0.4) is 0 Å². The zero-order valence-electron chi connectivity index (χ0n) is 24.9. The summed E-state index contributed by atoms with van der Waals surface area (Å²) in [6.45, 7) is 8.98. The van der Waals surface area contributed by atoms with Gasteiger partial charge in [-0.05, 0) is 72.5 Å². The van der Waals surface area contributed by atoms with E-state index < -0.39 is 11.8 Å². The molecule has 0 amide bonds. The van der Waals surface area contributed by atoms with Gasteiger partial charge in [-0.1, -0.05) is 45.0 Å². The number of ether oxygens (including phenoxy) is 3. The number of carbonyl (C=O) groups is 1. The van der Waals surface area contributed by atoms with Gasteiger partial charge in [0.1, 0.15) is 18.5 Å². The van der Waals surface area contributed by atoms with Crippen LogP contribution in [0.15, 0.2) is 41.1 Å². The van der Waals surface area contributed by atoms with Gasteiger partial charge in [-0.25, -0.2) is 9.37 Å². The summed E-state index contributed by atoms with van der Waals surface area (Å²) in [5.41, 5.74) is 1.64. The maximum atomic E-state index is 15.0. The molecule has 2 saturated carbocycles. The number of nitrogens with zero attached hydrogens (tertiary/aromatic N) is 2. The largest absolute Gasteiger partial charge is 0.487 e. The first-order valence-corrected chi connectivity index (χ1v) is 14.2. The molecule has 0 bridgehead atoms. The van der Waals surface area contributed by atoms with Gasteiger partial charge in [0.25, 0.3) is 0 Å². The van der Waals surface area contributed by atoms with E-state index in [0.717, 1.165) is 43.9 Å². The van der Waals surface area contributed by atoms with Crippen LogP contribution in [0.25, 0.3) is 11.3 Å². The molecule has 42 heavy (non-hydrogen) atoms. The topological polar surface area (TPSA) is 104 Å². The molecule has 8 nitrogen and oxygen atoms in total. The molecule has 0 saturated heterocycles. The minimum atomic E-state index is -0.806. The summed E-state index contributed by atoms with van der Waals surface area (Å²) in [4.78, 5) is 15.4. The molecular formula is C32H41FN2O6S. The average Bonchev–Trinajstić information content (AvgIpc) is 3.66. The highest BCUT2D eigenvalue weighted by molar-refractivity contribution is 7.59. The Morgan fingerprint density at radius 1 is 1.17 bits per heavy atom. The highest BCUT2D eigenvalue weighted by atomic mass is 32.1. The number of hydrogen-bond donors (Lipinski definition) is 1. The first kappa shape index (κ1) is 31.7. The van der Waals surface area contributed by atoms with E-state index in [0.29, 0.717) is 23.1 Å². The first-order valence-electron chi connectivity index (χ1n) is 14.2. The van der Waals surface area contributed by atoms with Crippen molar-refractivity contribution >= 4 is 19.5 Å². The molecule has 0 unspecified atom stereocenters. The zero-order valence-corrected chi connectivity index (χ0v) is 25.9. The second-order valence-corrected chi connectivity index (χ2v) is 13.1. The third kappa shape index (κ3) is 7.56. The van der Waals surface area contributed by atoms with E-state index in [9.17, 15) is 9.90 Å². The van der Waals surface area contributed by atoms with E-state index in [1.54, 1.807) is 0 Å². The van der Waals surface area contributed by atoms with Crippen molar-refractivity contribution in [3.8, 4) is 28.7 Å². The van der Waals surface area contributed by atoms with E-state index in [1.165, 1.54) is 13.2 Å². The Balaban J connectivity index is 0.00000405. The van der Waals surface area contributed by atoms with Crippen molar-refractivity contribution in [1.29, 1.82) is 0 Å². The summed E-state index contributed by atoms with van der Waals surface area (Å²) in [6.07, 6.45) is 5.86. The fourth-order valence-electron chi connectivity index (χ4n) is 6.63. The number of carboxylic acids is 1. The number of hydrogen-bond acceptors (Lipinski definition) is 7. The van der Waals surface area contributed by atoms with Gasteiger partial charge in [-0.2, -0.15) is 13.5 Å². The molecule has 5 rings (SSSR count). The van der Waals surface area contributed by atoms with Gasteiger partial charge >= 0.3 is 5.97 Å². The lowest BCUT2D eigenvalue weighted by Gasteiger charge is -2.44. The minimum absolute atomic E-state index is 0. The van der Waals surface area contributed by atoms with Gasteiger partial charge in [0.15, 0.2) is 17.3 Å². The van der Waals surface area contributed by atoms with Crippen LogP contribution in [0, 0.1) is 22.6 Å². The van der Waals surface area contributed by atoms with E-state index in [4.69, 9.17) is 18.7 Å². The molecule has 3 aromatic rings. The number of methoxy groups -OCH3 is 1. The lowest BCUT2D eigenvalue weighted by molar-refractivity contribution is -0.137. The molecule has 2 fully saturated rings. The minimum Gasteiger partial charge on any atom is -0.487 e. The Hall–Kier alpha value is -3.27. The lowest BCUT2D eigenvalue weighted by Crippen LogP contribution is -2.39. The molecule has 0 aliphatic heterocycles. The number of halogens is 1. The predicted molar refractivity (Wildman–Crippen MR) is 161 cm³/mol. The second kappa shape index (κ2) is 12.5. The van der Waals surface area contributed by atoms with Crippen molar-refractivity contribution in [2.24, 2.45) is 16.7 Å². The van der Waals surface area contributed by atoms with Crippen molar-refractivity contribution in [1.82, 2.24) is 10.1 Å². The van der Waals surface area contributed by atoms with Crippen LogP contribution in [0.1, 0.15) is 83.4 Å².